The summed E-state index contributed by atoms with van der Waals surface area (Å²) in [6.45, 7) is 2.89. The van der Waals surface area contributed by atoms with Crippen LogP contribution in [0.4, 0.5) is 4.39 Å². The van der Waals surface area contributed by atoms with Crippen LogP contribution in [0.1, 0.15) is 18.9 Å². The summed E-state index contributed by atoms with van der Waals surface area (Å²) >= 11 is 6.03. The molecule has 3 aliphatic rings. The molecule has 7 heteroatoms. The minimum absolute atomic E-state index is 0.139. The first-order valence-corrected chi connectivity index (χ1v) is 9.17. The van der Waals surface area contributed by atoms with Gasteiger partial charge in [0.1, 0.15) is 29.9 Å². The molecule has 0 aromatic heterocycles. The maximum atomic E-state index is 13.8. The van der Waals surface area contributed by atoms with Crippen LogP contribution in [0.3, 0.4) is 0 Å². The van der Waals surface area contributed by atoms with Crippen LogP contribution in [0.15, 0.2) is 41.4 Å². The van der Waals surface area contributed by atoms with Crippen molar-refractivity contribution in [1.82, 2.24) is 0 Å². The van der Waals surface area contributed by atoms with Gasteiger partial charge in [0.05, 0.1) is 6.61 Å². The van der Waals surface area contributed by atoms with E-state index in [0.29, 0.717) is 22.9 Å². The minimum Gasteiger partial charge on any atom is -0.484 e. The van der Waals surface area contributed by atoms with Crippen LogP contribution in [0, 0.1) is 5.82 Å². The summed E-state index contributed by atoms with van der Waals surface area (Å²) in [7, 11) is 0. The number of halogens is 2. The van der Waals surface area contributed by atoms with Crippen LogP contribution in [-0.4, -0.2) is 30.9 Å². The van der Waals surface area contributed by atoms with Gasteiger partial charge in [-0.2, -0.15) is 0 Å². The van der Waals surface area contributed by atoms with Crippen molar-refractivity contribution in [3.05, 3.63) is 52.8 Å². The molecule has 3 heterocycles. The molecule has 0 saturated carbocycles. The van der Waals surface area contributed by atoms with E-state index in [9.17, 15) is 4.39 Å². The van der Waals surface area contributed by atoms with E-state index in [1.165, 1.54) is 12.1 Å². The van der Waals surface area contributed by atoms with Crippen molar-refractivity contribution < 1.29 is 18.6 Å². The summed E-state index contributed by atoms with van der Waals surface area (Å²) in [5.41, 5.74) is 6.89. The van der Waals surface area contributed by atoms with E-state index in [1.54, 1.807) is 6.07 Å². The van der Waals surface area contributed by atoms with Crippen molar-refractivity contribution in [2.45, 2.75) is 30.6 Å². The molecule has 1 spiro atoms. The highest BCUT2D eigenvalue weighted by Crippen LogP contribution is 2.53. The zero-order valence-corrected chi connectivity index (χ0v) is 15.4. The van der Waals surface area contributed by atoms with Crippen LogP contribution in [0.5, 0.6) is 5.75 Å². The third kappa shape index (κ3) is 2.43. The lowest BCUT2D eigenvalue weighted by atomic mass is 9.74. The average molecular weight is 389 g/mol. The number of fused-ring (bicyclic) bond motifs is 4. The Balaban J connectivity index is 1.70. The Labute approximate surface area is 160 Å². The van der Waals surface area contributed by atoms with Gasteiger partial charge in [0.15, 0.2) is 5.54 Å². The Morgan fingerprint density at radius 3 is 2.81 bits per heavy atom. The molecule has 0 radical (unpaired) electrons. The van der Waals surface area contributed by atoms with Gasteiger partial charge in [0.2, 0.25) is 0 Å². The molecule has 0 bridgehead atoms. The number of hydrogen-bond acceptors (Lipinski definition) is 5. The number of aliphatic imine (C=N–C) groups is 1. The molecule has 27 heavy (non-hydrogen) atoms. The Hall–Kier alpha value is -2.31. The zero-order valence-electron chi connectivity index (χ0n) is 14.7. The largest absolute Gasteiger partial charge is 0.484 e. The van der Waals surface area contributed by atoms with Gasteiger partial charge in [-0.1, -0.05) is 17.7 Å². The van der Waals surface area contributed by atoms with E-state index in [-0.39, 0.29) is 24.5 Å². The zero-order chi connectivity index (χ0) is 18.8. The molecule has 0 unspecified atom stereocenters. The van der Waals surface area contributed by atoms with Crippen LogP contribution >= 0.6 is 11.6 Å². The Bertz CT molecular complexity index is 961. The fourth-order valence-corrected chi connectivity index (χ4v) is 4.62. The van der Waals surface area contributed by atoms with Gasteiger partial charge in [0.25, 0.3) is 6.02 Å². The topological polar surface area (TPSA) is 66.1 Å². The normalized spacial score (nSPS) is 31.1. The molecule has 2 N–H and O–H groups in total. The summed E-state index contributed by atoms with van der Waals surface area (Å²) in [6.07, 6.45) is 0.445. The third-order valence-electron chi connectivity index (χ3n) is 5.61. The molecule has 0 amide bonds. The molecule has 2 aromatic carbocycles. The molecule has 3 aliphatic heterocycles. The van der Waals surface area contributed by atoms with Crippen molar-refractivity contribution in [2.24, 2.45) is 10.7 Å². The molecule has 140 valence electrons. The molecular formula is C20H18ClFN2O3. The fraction of sp³-hybridized carbons (Fsp3) is 0.350. The van der Waals surface area contributed by atoms with Gasteiger partial charge in [0, 0.05) is 17.0 Å². The van der Waals surface area contributed by atoms with Gasteiger partial charge >= 0.3 is 0 Å². The van der Waals surface area contributed by atoms with E-state index in [0.717, 1.165) is 17.5 Å². The second-order valence-electron chi connectivity index (χ2n) is 7.45. The number of ether oxygens (including phenoxy) is 3. The van der Waals surface area contributed by atoms with Gasteiger partial charge in [-0.15, -0.1) is 0 Å². The van der Waals surface area contributed by atoms with Crippen LogP contribution in [-0.2, 0) is 15.0 Å². The number of amidine groups is 1. The second kappa shape index (κ2) is 5.59. The first kappa shape index (κ1) is 16.8. The average Bonchev–Trinajstić information content (AvgIpc) is 3.18. The second-order valence-corrected chi connectivity index (χ2v) is 7.88. The first-order valence-electron chi connectivity index (χ1n) is 8.79. The number of rotatable bonds is 1. The first-order chi connectivity index (χ1) is 12.9. The van der Waals surface area contributed by atoms with Gasteiger partial charge in [-0.05, 0) is 48.4 Å². The van der Waals surface area contributed by atoms with Crippen molar-refractivity contribution in [1.29, 1.82) is 0 Å². The quantitative estimate of drug-likeness (QED) is 0.810. The number of hydrogen-bond donors (Lipinski definition) is 1. The molecule has 3 atom stereocenters. The lowest BCUT2D eigenvalue weighted by Gasteiger charge is -2.45. The summed E-state index contributed by atoms with van der Waals surface area (Å²) in [4.78, 5) is 4.65. The predicted molar refractivity (Wildman–Crippen MR) is 99.5 cm³/mol. The highest BCUT2D eigenvalue weighted by Gasteiger charge is 2.62. The van der Waals surface area contributed by atoms with Gasteiger partial charge < -0.3 is 19.9 Å². The van der Waals surface area contributed by atoms with Gasteiger partial charge in [-0.3, -0.25) is 0 Å². The number of benzene rings is 2. The van der Waals surface area contributed by atoms with Gasteiger partial charge in [-0.25, -0.2) is 9.38 Å². The van der Waals surface area contributed by atoms with E-state index in [4.69, 9.17) is 31.5 Å². The summed E-state index contributed by atoms with van der Waals surface area (Å²) in [5, 5.41) is 0.340. The number of nitrogens with two attached hydrogens (primary N) is 1. The van der Waals surface area contributed by atoms with E-state index in [2.05, 4.69) is 4.99 Å². The highest BCUT2D eigenvalue weighted by atomic mass is 35.5. The Morgan fingerprint density at radius 2 is 2.07 bits per heavy atom. The maximum Gasteiger partial charge on any atom is 0.283 e. The van der Waals surface area contributed by atoms with Crippen molar-refractivity contribution in [3.8, 4) is 16.9 Å². The molecule has 5 nitrogen and oxygen atoms in total. The lowest BCUT2D eigenvalue weighted by molar-refractivity contribution is -0.0755. The SMILES string of the molecule is C[C@]12CCO[C@H]1[C@]1(COC(N)=N1)c1cc(-c3cc(F)cc(Cl)c3)ccc1O2. The molecule has 2 aromatic rings. The molecular weight excluding hydrogens is 371 g/mol. The van der Waals surface area contributed by atoms with Crippen LogP contribution < -0.4 is 10.5 Å². The summed E-state index contributed by atoms with van der Waals surface area (Å²) in [6, 6.07) is 10.3. The minimum atomic E-state index is -0.782. The van der Waals surface area contributed by atoms with Crippen LogP contribution in [0.2, 0.25) is 5.02 Å². The Morgan fingerprint density at radius 1 is 1.22 bits per heavy atom. The van der Waals surface area contributed by atoms with E-state index in [1.807, 2.05) is 25.1 Å². The van der Waals surface area contributed by atoms with Crippen molar-refractivity contribution in [3.63, 3.8) is 0 Å². The molecule has 1 fully saturated rings. The standard InChI is InChI=1S/C20H18ClFN2O3/c1-19-4-5-25-17(19)20(10-26-18(23)24-20)15-8-11(2-3-16(15)27-19)12-6-13(21)9-14(22)7-12/h2-3,6-9,17H,4-5,10H2,1H3,(H2,23,24)/t17-,19+,20+/m1/s1. The van der Waals surface area contributed by atoms with Crippen molar-refractivity contribution >= 4 is 17.6 Å². The Kier molecular flexibility index (Phi) is 3.49. The van der Waals surface area contributed by atoms with E-state index >= 15 is 0 Å². The third-order valence-corrected chi connectivity index (χ3v) is 5.82. The van der Waals surface area contributed by atoms with E-state index < -0.39 is 11.1 Å². The smallest absolute Gasteiger partial charge is 0.283 e. The van der Waals surface area contributed by atoms with Crippen LogP contribution in [0.25, 0.3) is 11.1 Å². The molecule has 1 saturated heterocycles. The highest BCUT2D eigenvalue weighted by molar-refractivity contribution is 6.30. The molecule has 0 aliphatic carbocycles. The fourth-order valence-electron chi connectivity index (χ4n) is 4.40. The maximum absolute atomic E-state index is 13.8. The monoisotopic (exact) mass is 388 g/mol. The number of nitrogens with zero attached hydrogens (tertiary/aromatic N) is 1. The summed E-state index contributed by atoms with van der Waals surface area (Å²) < 4.78 is 31.7. The summed E-state index contributed by atoms with van der Waals surface area (Å²) in [5.74, 6) is 0.326. The molecule has 5 rings (SSSR count). The lowest BCUT2D eigenvalue weighted by Crippen LogP contribution is -2.57. The van der Waals surface area contributed by atoms with Crippen molar-refractivity contribution in [2.75, 3.05) is 13.2 Å². The predicted octanol–water partition coefficient (Wildman–Crippen LogP) is 3.63.